The number of nitrogens with zero attached hydrogens (tertiary/aromatic N) is 2. The first-order valence-electron chi connectivity index (χ1n) is 9.99. The van der Waals surface area contributed by atoms with E-state index >= 15 is 0 Å². The number of ketones is 1. The maximum absolute atomic E-state index is 12.9. The molecule has 0 bridgehead atoms. The molecule has 0 amide bonds. The van der Waals surface area contributed by atoms with Crippen LogP contribution in [0.2, 0.25) is 0 Å². The maximum atomic E-state index is 12.9. The fourth-order valence-electron chi connectivity index (χ4n) is 4.87. The van der Waals surface area contributed by atoms with Gasteiger partial charge in [-0.15, -0.1) is 0 Å². The second kappa shape index (κ2) is 7.83. The van der Waals surface area contributed by atoms with Crippen LogP contribution < -0.4 is 0 Å². The van der Waals surface area contributed by atoms with Crippen molar-refractivity contribution in [1.82, 2.24) is 9.80 Å². The molecular formula is C21H34N2O3. The van der Waals surface area contributed by atoms with E-state index in [1.807, 2.05) is 6.92 Å². The minimum absolute atomic E-state index is 0.0777. The molecule has 3 rings (SSSR count). The van der Waals surface area contributed by atoms with E-state index in [0.29, 0.717) is 19.6 Å². The Labute approximate surface area is 158 Å². The fraction of sp³-hybridized carbons (Fsp3) is 0.762. The predicted octanol–water partition coefficient (Wildman–Crippen LogP) is 2.63. The highest BCUT2D eigenvalue weighted by molar-refractivity contribution is 5.90. The summed E-state index contributed by atoms with van der Waals surface area (Å²) >= 11 is 0. The topological polar surface area (TPSA) is 42.0 Å². The first-order chi connectivity index (χ1) is 12.4. The molecule has 0 saturated carbocycles. The molecule has 0 aromatic heterocycles. The minimum atomic E-state index is -0.142. The van der Waals surface area contributed by atoms with Crippen LogP contribution in [-0.2, 0) is 14.3 Å². The first-order valence-corrected chi connectivity index (χ1v) is 9.99. The van der Waals surface area contributed by atoms with Crippen molar-refractivity contribution >= 4 is 5.78 Å². The molecular weight excluding hydrogens is 328 g/mol. The van der Waals surface area contributed by atoms with E-state index in [1.165, 1.54) is 5.57 Å². The van der Waals surface area contributed by atoms with E-state index in [1.54, 1.807) is 6.26 Å². The van der Waals surface area contributed by atoms with Crippen molar-refractivity contribution in [1.29, 1.82) is 0 Å². The van der Waals surface area contributed by atoms with Gasteiger partial charge >= 0.3 is 0 Å². The molecule has 1 saturated heterocycles. The quantitative estimate of drug-likeness (QED) is 0.727. The Morgan fingerprint density at radius 3 is 2.77 bits per heavy atom. The number of carbonyl (C=O) groups excluding carboxylic acids is 1. The van der Waals surface area contributed by atoms with Gasteiger partial charge in [0.2, 0.25) is 0 Å². The zero-order chi connectivity index (χ0) is 18.9. The molecule has 3 aliphatic rings. The molecule has 5 nitrogen and oxygen atoms in total. The summed E-state index contributed by atoms with van der Waals surface area (Å²) in [6, 6.07) is 0. The maximum Gasteiger partial charge on any atom is 0.147 e. The zero-order valence-electron chi connectivity index (χ0n) is 17.0. The van der Waals surface area contributed by atoms with Gasteiger partial charge in [-0.3, -0.25) is 14.6 Å². The zero-order valence-corrected chi connectivity index (χ0v) is 17.0. The van der Waals surface area contributed by atoms with Gasteiger partial charge in [0, 0.05) is 50.3 Å². The normalized spacial score (nSPS) is 28.0. The van der Waals surface area contributed by atoms with Gasteiger partial charge in [-0.25, -0.2) is 0 Å². The van der Waals surface area contributed by atoms with Gasteiger partial charge < -0.3 is 9.47 Å². The van der Waals surface area contributed by atoms with Crippen molar-refractivity contribution < 1.29 is 14.3 Å². The third-order valence-corrected chi connectivity index (χ3v) is 6.22. The summed E-state index contributed by atoms with van der Waals surface area (Å²) in [5, 5.41) is 0. The van der Waals surface area contributed by atoms with Crippen LogP contribution in [0.3, 0.4) is 0 Å². The summed E-state index contributed by atoms with van der Waals surface area (Å²) in [4.78, 5) is 17.9. The molecule has 0 aromatic rings. The lowest BCUT2D eigenvalue weighted by molar-refractivity contribution is -0.127. The predicted molar refractivity (Wildman–Crippen MR) is 103 cm³/mol. The second-order valence-corrected chi connectivity index (χ2v) is 8.36. The van der Waals surface area contributed by atoms with E-state index in [2.05, 4.69) is 37.5 Å². The molecule has 26 heavy (non-hydrogen) atoms. The summed E-state index contributed by atoms with van der Waals surface area (Å²) < 4.78 is 11.6. The molecule has 1 aliphatic carbocycles. The number of likely N-dealkylation sites (N-methyl/N-ethyl adjacent to an activating group) is 1. The van der Waals surface area contributed by atoms with Crippen molar-refractivity contribution in [2.24, 2.45) is 5.92 Å². The van der Waals surface area contributed by atoms with Gasteiger partial charge in [-0.05, 0) is 39.8 Å². The average molecular weight is 363 g/mol. The Balaban J connectivity index is 1.76. The van der Waals surface area contributed by atoms with E-state index in [-0.39, 0.29) is 23.3 Å². The first kappa shape index (κ1) is 19.6. The third-order valence-electron chi connectivity index (χ3n) is 6.22. The highest BCUT2D eigenvalue weighted by Gasteiger charge is 2.40. The number of ether oxygens (including phenoxy) is 2. The molecule has 2 unspecified atom stereocenters. The molecule has 2 atom stereocenters. The third kappa shape index (κ3) is 3.75. The molecule has 2 heterocycles. The molecule has 5 heteroatoms. The number of carbonyl (C=O) groups is 1. The summed E-state index contributed by atoms with van der Waals surface area (Å²) in [5.74, 6) is 0.129. The summed E-state index contributed by atoms with van der Waals surface area (Å²) in [6.45, 7) is 17.2. The lowest BCUT2D eigenvalue weighted by Gasteiger charge is -2.48. The Hall–Kier alpha value is -1.17. The van der Waals surface area contributed by atoms with E-state index in [4.69, 9.17) is 9.47 Å². The van der Waals surface area contributed by atoms with Crippen LogP contribution in [0.4, 0.5) is 0 Å². The summed E-state index contributed by atoms with van der Waals surface area (Å²) in [7, 11) is 0. The van der Waals surface area contributed by atoms with Crippen LogP contribution in [0.5, 0.6) is 0 Å². The van der Waals surface area contributed by atoms with Crippen molar-refractivity contribution in [2.75, 3.05) is 45.9 Å². The number of hydrogen-bond donors (Lipinski definition) is 0. The number of piperazine rings is 1. The van der Waals surface area contributed by atoms with Crippen molar-refractivity contribution in [3.05, 3.63) is 23.0 Å². The van der Waals surface area contributed by atoms with Gasteiger partial charge in [0.1, 0.15) is 12.4 Å². The lowest BCUT2D eigenvalue weighted by atomic mass is 9.77. The van der Waals surface area contributed by atoms with Crippen LogP contribution in [0.15, 0.2) is 23.0 Å². The van der Waals surface area contributed by atoms with Gasteiger partial charge in [0.05, 0.1) is 18.3 Å². The molecule has 1 fully saturated rings. The van der Waals surface area contributed by atoms with E-state index in [0.717, 1.165) is 43.9 Å². The summed E-state index contributed by atoms with van der Waals surface area (Å²) in [5.41, 5.74) is 3.59. The SMILES string of the molecule is CCOC(CN1CCN(CC)C(C)(C)C1)C1C(=O)CC2=COCC2=C1C. The monoisotopic (exact) mass is 362 g/mol. The van der Waals surface area contributed by atoms with E-state index in [9.17, 15) is 4.79 Å². The Bertz CT molecular complexity index is 608. The Morgan fingerprint density at radius 1 is 1.35 bits per heavy atom. The van der Waals surface area contributed by atoms with E-state index < -0.39 is 0 Å². The standard InChI is InChI=1S/C21H34N2O3/c1-6-23-9-8-22(14-21(23,4)5)11-19(26-7-2)20-15(3)17-13-25-12-16(17)10-18(20)24/h12,19-20H,6-11,13-14H2,1-5H3. The van der Waals surface area contributed by atoms with Crippen LogP contribution in [0, 0.1) is 5.92 Å². The van der Waals surface area contributed by atoms with Gasteiger partial charge in [-0.2, -0.15) is 0 Å². The number of hydrogen-bond acceptors (Lipinski definition) is 5. The molecule has 0 spiro atoms. The smallest absolute Gasteiger partial charge is 0.147 e. The van der Waals surface area contributed by atoms with Gasteiger partial charge in [0.15, 0.2) is 0 Å². The highest BCUT2D eigenvalue weighted by atomic mass is 16.5. The van der Waals surface area contributed by atoms with Crippen molar-refractivity contribution in [3.63, 3.8) is 0 Å². The van der Waals surface area contributed by atoms with Gasteiger partial charge in [0.25, 0.3) is 0 Å². The number of fused-ring (bicyclic) bond motifs is 1. The molecule has 0 N–H and O–H groups in total. The van der Waals surface area contributed by atoms with Crippen LogP contribution >= 0.6 is 0 Å². The van der Waals surface area contributed by atoms with Crippen molar-refractivity contribution in [2.45, 2.75) is 52.7 Å². The van der Waals surface area contributed by atoms with Crippen LogP contribution in [0.1, 0.15) is 41.0 Å². The fourth-order valence-corrected chi connectivity index (χ4v) is 4.87. The minimum Gasteiger partial charge on any atom is -0.496 e. The Morgan fingerprint density at radius 2 is 2.12 bits per heavy atom. The van der Waals surface area contributed by atoms with Crippen molar-refractivity contribution in [3.8, 4) is 0 Å². The largest absolute Gasteiger partial charge is 0.496 e. The number of rotatable bonds is 6. The summed E-state index contributed by atoms with van der Waals surface area (Å²) in [6.07, 6.45) is 2.16. The molecule has 2 aliphatic heterocycles. The molecule has 0 aromatic carbocycles. The lowest BCUT2D eigenvalue weighted by Crippen LogP contribution is -2.60. The van der Waals surface area contributed by atoms with Gasteiger partial charge in [-0.1, -0.05) is 12.5 Å². The average Bonchev–Trinajstić information content (AvgIpc) is 3.03. The van der Waals surface area contributed by atoms with Crippen LogP contribution in [-0.4, -0.2) is 73.2 Å². The highest BCUT2D eigenvalue weighted by Crippen LogP contribution is 2.37. The number of Topliss-reactive ketones (excluding diaryl/α,β-unsaturated/α-hetero) is 1. The molecule has 146 valence electrons. The molecule has 0 radical (unpaired) electrons. The Kier molecular flexibility index (Phi) is 5.90. The second-order valence-electron chi connectivity index (χ2n) is 8.36. The van der Waals surface area contributed by atoms with Crippen LogP contribution in [0.25, 0.3) is 0 Å².